The molecule has 3 rings (SSSR count). The number of fused-ring (bicyclic) bond motifs is 1. The van der Waals surface area contributed by atoms with Gasteiger partial charge < -0.3 is 16.0 Å². The summed E-state index contributed by atoms with van der Waals surface area (Å²) in [6.45, 7) is 1.25. The Kier molecular flexibility index (Phi) is 2.40. The van der Waals surface area contributed by atoms with Gasteiger partial charge in [-0.1, -0.05) is 30.3 Å². The molecule has 0 spiro atoms. The van der Waals surface area contributed by atoms with Crippen molar-refractivity contribution in [2.75, 3.05) is 22.6 Å². The molecule has 0 saturated heterocycles. The van der Waals surface area contributed by atoms with Gasteiger partial charge in [0.05, 0.1) is 6.67 Å². The van der Waals surface area contributed by atoms with E-state index in [1.54, 1.807) is 0 Å². The molecule has 0 radical (unpaired) electrons. The lowest BCUT2D eigenvalue weighted by Crippen LogP contribution is -2.22. The molecule has 0 unspecified atom stereocenters. The second-order valence-corrected chi connectivity index (χ2v) is 4.17. The Labute approximate surface area is 103 Å². The third-order valence-electron chi connectivity index (χ3n) is 2.88. The van der Waals surface area contributed by atoms with Gasteiger partial charge in [-0.25, -0.2) is 0 Å². The number of anilines is 3. The number of nitrogen functional groups attached to an aromatic ring is 1. The highest BCUT2D eigenvalue weighted by molar-refractivity contribution is 5.70. The Morgan fingerprint density at radius 1 is 1.33 bits per heavy atom. The van der Waals surface area contributed by atoms with Crippen LogP contribution in [-0.4, -0.2) is 16.6 Å². The Balaban J connectivity index is 1.93. The molecule has 2 aromatic rings. The highest BCUT2D eigenvalue weighted by Gasteiger charge is 2.23. The zero-order valence-electron chi connectivity index (χ0n) is 9.68. The van der Waals surface area contributed by atoms with Gasteiger partial charge in [0.2, 0.25) is 5.95 Å². The minimum atomic E-state index is -0.229. The number of H-pyrrole nitrogens is 1. The summed E-state index contributed by atoms with van der Waals surface area (Å²) < 4.78 is 0. The fourth-order valence-electron chi connectivity index (χ4n) is 2.05. The van der Waals surface area contributed by atoms with Gasteiger partial charge >= 0.3 is 0 Å². The number of aromatic amines is 1. The fourth-order valence-corrected chi connectivity index (χ4v) is 2.05. The first-order chi connectivity index (χ1) is 8.74. The monoisotopic (exact) mass is 243 g/mol. The fraction of sp³-hybridized carbons (Fsp3) is 0.167. The van der Waals surface area contributed by atoms with Crippen LogP contribution in [-0.2, 0) is 6.54 Å². The minimum absolute atomic E-state index is 0.139. The van der Waals surface area contributed by atoms with Gasteiger partial charge in [-0.15, -0.1) is 0 Å². The van der Waals surface area contributed by atoms with Crippen LogP contribution in [0.3, 0.4) is 0 Å². The number of nitrogens with one attached hydrogen (secondary N) is 2. The number of rotatable bonds is 2. The Morgan fingerprint density at radius 2 is 2.11 bits per heavy atom. The Bertz CT molecular complexity index is 622. The molecular formula is C12H13N5O. The molecule has 1 aromatic carbocycles. The number of hydrogen-bond donors (Lipinski definition) is 3. The second kappa shape index (κ2) is 4.06. The standard InChI is InChI=1S/C12H13N5O/c13-12-15-10-9(11(18)16-12)14-7-17(10)6-8-4-2-1-3-5-8/h1-5,14H,6-7H2,(H3,13,15,16,18). The van der Waals surface area contributed by atoms with E-state index in [-0.39, 0.29) is 11.5 Å². The minimum Gasteiger partial charge on any atom is -0.369 e. The topological polar surface area (TPSA) is 87.0 Å². The predicted molar refractivity (Wildman–Crippen MR) is 70.4 cm³/mol. The van der Waals surface area contributed by atoms with Crippen LogP contribution in [0.2, 0.25) is 0 Å². The van der Waals surface area contributed by atoms with E-state index in [2.05, 4.69) is 15.3 Å². The van der Waals surface area contributed by atoms with Crippen molar-refractivity contribution in [3.8, 4) is 0 Å². The second-order valence-electron chi connectivity index (χ2n) is 4.17. The zero-order valence-corrected chi connectivity index (χ0v) is 9.68. The number of aromatic nitrogens is 2. The van der Waals surface area contributed by atoms with Crippen LogP contribution in [0.5, 0.6) is 0 Å². The van der Waals surface area contributed by atoms with Crippen molar-refractivity contribution >= 4 is 17.5 Å². The largest absolute Gasteiger partial charge is 0.369 e. The number of benzene rings is 1. The average Bonchev–Trinajstić information content (AvgIpc) is 2.74. The summed E-state index contributed by atoms with van der Waals surface area (Å²) in [6.07, 6.45) is 0. The maximum atomic E-state index is 11.7. The lowest BCUT2D eigenvalue weighted by Gasteiger charge is -2.16. The number of hydrogen-bond acceptors (Lipinski definition) is 5. The molecular weight excluding hydrogens is 230 g/mol. The van der Waals surface area contributed by atoms with Crippen LogP contribution in [0.15, 0.2) is 35.1 Å². The van der Waals surface area contributed by atoms with Gasteiger partial charge in [0.1, 0.15) is 5.69 Å². The van der Waals surface area contributed by atoms with Crippen molar-refractivity contribution in [1.29, 1.82) is 0 Å². The zero-order chi connectivity index (χ0) is 12.5. The molecule has 1 aromatic heterocycles. The quantitative estimate of drug-likeness (QED) is 0.724. The highest BCUT2D eigenvalue weighted by atomic mass is 16.1. The van der Waals surface area contributed by atoms with Crippen LogP contribution < -0.4 is 21.5 Å². The molecule has 0 atom stereocenters. The Hall–Kier alpha value is -2.50. The van der Waals surface area contributed by atoms with E-state index in [1.807, 2.05) is 35.2 Å². The summed E-state index contributed by atoms with van der Waals surface area (Å²) in [5.74, 6) is 0.751. The molecule has 6 heteroatoms. The van der Waals surface area contributed by atoms with E-state index < -0.39 is 0 Å². The summed E-state index contributed by atoms with van der Waals surface area (Å²) in [7, 11) is 0. The van der Waals surface area contributed by atoms with Crippen molar-refractivity contribution < 1.29 is 0 Å². The third kappa shape index (κ3) is 1.77. The molecule has 6 nitrogen and oxygen atoms in total. The van der Waals surface area contributed by atoms with E-state index >= 15 is 0 Å². The first-order valence-corrected chi connectivity index (χ1v) is 5.66. The normalized spacial score (nSPS) is 13.2. The van der Waals surface area contributed by atoms with Crippen LogP contribution >= 0.6 is 0 Å². The lowest BCUT2D eigenvalue weighted by atomic mass is 10.2. The molecule has 0 amide bonds. The average molecular weight is 243 g/mol. The summed E-state index contributed by atoms with van der Waals surface area (Å²) in [4.78, 5) is 20.3. The van der Waals surface area contributed by atoms with Crippen molar-refractivity contribution in [2.45, 2.75) is 6.54 Å². The van der Waals surface area contributed by atoms with Crippen molar-refractivity contribution in [3.05, 3.63) is 46.2 Å². The van der Waals surface area contributed by atoms with E-state index in [0.717, 1.165) is 5.56 Å². The van der Waals surface area contributed by atoms with E-state index in [4.69, 9.17) is 5.73 Å². The van der Waals surface area contributed by atoms with Crippen LogP contribution in [0.1, 0.15) is 5.56 Å². The van der Waals surface area contributed by atoms with E-state index in [0.29, 0.717) is 24.7 Å². The molecule has 92 valence electrons. The van der Waals surface area contributed by atoms with Gasteiger partial charge in [-0.3, -0.25) is 9.78 Å². The van der Waals surface area contributed by atoms with E-state index in [1.165, 1.54) is 0 Å². The van der Waals surface area contributed by atoms with Crippen LogP contribution in [0.4, 0.5) is 17.5 Å². The van der Waals surface area contributed by atoms with Gasteiger partial charge in [-0.05, 0) is 5.56 Å². The Morgan fingerprint density at radius 3 is 2.89 bits per heavy atom. The molecule has 0 saturated carbocycles. The summed E-state index contributed by atoms with van der Waals surface area (Å²) in [5.41, 5.74) is 6.98. The number of nitrogens with zero attached hydrogens (tertiary/aromatic N) is 2. The van der Waals surface area contributed by atoms with Crippen LogP contribution in [0.25, 0.3) is 0 Å². The van der Waals surface area contributed by atoms with Crippen molar-refractivity contribution in [1.82, 2.24) is 9.97 Å². The summed E-state index contributed by atoms with van der Waals surface area (Å²) in [5, 5.41) is 3.03. The van der Waals surface area contributed by atoms with Gasteiger partial charge in [0.25, 0.3) is 5.56 Å². The predicted octanol–water partition coefficient (Wildman–Crippen LogP) is 0.742. The smallest absolute Gasteiger partial charge is 0.277 e. The maximum Gasteiger partial charge on any atom is 0.277 e. The van der Waals surface area contributed by atoms with Gasteiger partial charge in [0, 0.05) is 6.54 Å². The molecule has 0 aliphatic carbocycles. The van der Waals surface area contributed by atoms with Crippen LogP contribution in [0, 0.1) is 0 Å². The molecule has 1 aliphatic heterocycles. The first-order valence-electron chi connectivity index (χ1n) is 5.66. The SMILES string of the molecule is Nc1nc2c(c(=O)[nH]1)NCN2Cc1ccccc1. The van der Waals surface area contributed by atoms with Gasteiger partial charge in [0.15, 0.2) is 5.82 Å². The molecule has 0 fully saturated rings. The number of nitrogens with two attached hydrogens (primary N) is 1. The van der Waals surface area contributed by atoms with Crippen molar-refractivity contribution in [2.24, 2.45) is 0 Å². The lowest BCUT2D eigenvalue weighted by molar-refractivity contribution is 0.856. The summed E-state index contributed by atoms with van der Waals surface area (Å²) in [6, 6.07) is 10.0. The van der Waals surface area contributed by atoms with E-state index in [9.17, 15) is 4.79 Å². The highest BCUT2D eigenvalue weighted by Crippen LogP contribution is 2.26. The third-order valence-corrected chi connectivity index (χ3v) is 2.88. The molecule has 18 heavy (non-hydrogen) atoms. The van der Waals surface area contributed by atoms with Crippen molar-refractivity contribution in [3.63, 3.8) is 0 Å². The molecule has 2 heterocycles. The van der Waals surface area contributed by atoms with Gasteiger partial charge in [-0.2, -0.15) is 4.98 Å². The first kappa shape index (κ1) is 10.6. The molecule has 0 bridgehead atoms. The molecule has 4 N–H and O–H groups in total. The maximum absolute atomic E-state index is 11.7. The summed E-state index contributed by atoms with van der Waals surface area (Å²) >= 11 is 0. The molecule has 1 aliphatic rings.